The molecule has 0 radical (unpaired) electrons. The maximum Gasteiger partial charge on any atom is 4.00 e. The molecule has 2 N–H and O–H groups in total. The fraction of sp³-hybridized carbons (Fsp3) is 0.565. The van der Waals surface area contributed by atoms with Gasteiger partial charge >= 0.3 is 87.1 Å². The fourth-order valence-electron chi connectivity index (χ4n) is 8.11. The van der Waals surface area contributed by atoms with Gasteiger partial charge in [0.1, 0.15) is 0 Å². The molecule has 0 fully saturated rings. The number of nitrogens with zero attached hydrogens (tertiary/aromatic N) is 4. The van der Waals surface area contributed by atoms with Crippen molar-refractivity contribution >= 4 is 79.0 Å². The number of benzene rings is 4. The van der Waals surface area contributed by atoms with Crippen LogP contribution in [-0.4, -0.2) is 91.6 Å². The Morgan fingerprint density at radius 1 is 0.342 bits per heavy atom. The number of hydrogen-bond acceptors (Lipinski definition) is 2. The van der Waals surface area contributed by atoms with E-state index in [1.54, 1.807) is 0 Å². The average molecular weight is 1310 g/mol. The van der Waals surface area contributed by atoms with Crippen molar-refractivity contribution in [2.75, 3.05) is 52.4 Å². The van der Waals surface area contributed by atoms with Crippen LogP contribution in [0.1, 0.15) is 119 Å². The summed E-state index contributed by atoms with van der Waals surface area (Å²) in [7, 11) is 8.15. The Morgan fingerprint density at radius 2 is 0.434 bits per heavy atom. The first-order valence-corrected chi connectivity index (χ1v) is 39.4. The van der Waals surface area contributed by atoms with Crippen LogP contribution in [0.2, 0.25) is 39.3 Å². The quantitative estimate of drug-likeness (QED) is 0.0666. The van der Waals surface area contributed by atoms with Gasteiger partial charge in [-0.2, -0.15) is 0 Å². The van der Waals surface area contributed by atoms with Crippen LogP contribution in [0.25, 0.3) is 21.3 Å². The maximum absolute atomic E-state index is 4.93. The third-order valence-corrected chi connectivity index (χ3v) is 14.1. The molecule has 4 aromatic carbocycles. The minimum Gasteiger partial charge on any atom is 2.00 e. The van der Waals surface area contributed by atoms with Crippen molar-refractivity contribution in [3.63, 3.8) is 0 Å². The molecular weight excluding hydrogens is 1200 g/mol. The predicted octanol–water partition coefficient (Wildman–Crippen LogP) is 16.6. The molecule has 76 heavy (non-hydrogen) atoms. The summed E-state index contributed by atoms with van der Waals surface area (Å²) in [5.74, 6) is 0. The topological polar surface area (TPSA) is 80.5 Å². The molecule has 424 valence electrons. The summed E-state index contributed by atoms with van der Waals surface area (Å²) in [6.45, 7) is 71.8. The molecular formula is C62H107Cl3MgN6Si2Zr2. The molecule has 0 amide bonds. The van der Waals surface area contributed by atoms with Gasteiger partial charge in [-0.1, -0.05) is 91.2 Å². The van der Waals surface area contributed by atoms with E-state index in [4.69, 9.17) is 38.3 Å². The summed E-state index contributed by atoms with van der Waals surface area (Å²) >= 11 is -0.826. The summed E-state index contributed by atoms with van der Waals surface area (Å²) in [6, 6.07) is 0. The Balaban J connectivity index is -0.000000248. The van der Waals surface area contributed by atoms with Crippen molar-refractivity contribution in [3.05, 3.63) is 153 Å². The van der Waals surface area contributed by atoms with Crippen LogP contribution in [0.3, 0.4) is 0 Å². The zero-order valence-corrected chi connectivity index (χ0v) is 63.3. The fourth-order valence-corrected chi connectivity index (χ4v) is 8.11. The van der Waals surface area contributed by atoms with Gasteiger partial charge in [0.15, 0.2) is 0 Å². The summed E-state index contributed by atoms with van der Waals surface area (Å²) in [5, 5.41) is 26.6. The van der Waals surface area contributed by atoms with Crippen molar-refractivity contribution < 1.29 is 59.5 Å². The Hall–Kier alpha value is -0.164. The first-order valence-electron chi connectivity index (χ1n) is 25.7. The van der Waals surface area contributed by atoms with Crippen LogP contribution in [0.4, 0.5) is 22.7 Å². The van der Waals surface area contributed by atoms with Crippen LogP contribution in [0.5, 0.6) is 0 Å². The van der Waals surface area contributed by atoms with Gasteiger partial charge in [-0.3, -0.25) is 0 Å². The Kier molecular flexibility index (Phi) is 47.9. The second kappa shape index (κ2) is 41.8. The van der Waals surface area contributed by atoms with E-state index in [2.05, 4.69) is 201 Å². The van der Waals surface area contributed by atoms with Crippen molar-refractivity contribution in [1.82, 2.24) is 10.6 Å². The molecule has 0 aliphatic heterocycles. The van der Waals surface area contributed by atoms with Gasteiger partial charge in [-0.05, 0) is 231 Å². The molecule has 4 rings (SSSR count). The van der Waals surface area contributed by atoms with Crippen molar-refractivity contribution in [2.45, 2.75) is 185 Å². The van der Waals surface area contributed by atoms with Crippen molar-refractivity contribution in [2.24, 2.45) is 0 Å². The molecule has 0 saturated carbocycles. The smallest absolute Gasteiger partial charge is 2.00 e. The van der Waals surface area contributed by atoms with E-state index in [9.17, 15) is 0 Å². The van der Waals surface area contributed by atoms with Crippen LogP contribution in [0, 0.1) is 159 Å². The standard InChI is InChI=1S/2C26H39N3.2C4H11Si.CH4.CH3.3ClH.Mg.2Zr/c2*1-15-17(3)21(7)25(22(8)18(15)4)28-13-11-27-12-14-29-26-23(9)19(5)16(2)20(6)24(26)10;2*1-5(2,3)4;;;;;;;;/h2*27H,11-14H2,1-10H3;2*1H2,2-4H3;1H4;1H3;3*1H;;;/q2*-2;2*-1;;-1;;;;+2;2*+4/p-3. The molecule has 0 aliphatic carbocycles. The van der Waals surface area contributed by atoms with Crippen molar-refractivity contribution in [3.8, 4) is 0 Å². The minimum absolute atomic E-state index is 0. The summed E-state index contributed by atoms with van der Waals surface area (Å²) < 4.78 is 0. The number of rotatable bonds is 16. The molecule has 6 nitrogen and oxygen atoms in total. The van der Waals surface area contributed by atoms with E-state index in [-0.39, 0.29) is 76.5 Å². The van der Waals surface area contributed by atoms with Crippen molar-refractivity contribution in [1.29, 1.82) is 0 Å². The van der Waals surface area contributed by atoms with Gasteiger partial charge in [-0.15, -0.1) is 65.1 Å². The molecule has 0 heterocycles. The van der Waals surface area contributed by atoms with Gasteiger partial charge in [0.25, 0.3) is 0 Å². The van der Waals surface area contributed by atoms with Crippen LogP contribution >= 0.6 is 17.0 Å². The van der Waals surface area contributed by atoms with E-state index in [0.29, 0.717) is 0 Å². The molecule has 0 aromatic heterocycles. The van der Waals surface area contributed by atoms with E-state index < -0.39 is 37.0 Å². The van der Waals surface area contributed by atoms with Gasteiger partial charge < -0.3 is 64.8 Å². The third-order valence-electron chi connectivity index (χ3n) is 14.1. The van der Waals surface area contributed by atoms with Gasteiger partial charge in [0.2, 0.25) is 0 Å². The normalized spacial score (nSPS) is 10.2. The maximum atomic E-state index is 4.93. The molecule has 0 saturated heterocycles. The van der Waals surface area contributed by atoms with Crippen LogP contribution in [0.15, 0.2) is 0 Å². The summed E-state index contributed by atoms with van der Waals surface area (Å²) in [4.78, 5) is 0. The molecule has 14 heteroatoms. The van der Waals surface area contributed by atoms with Gasteiger partial charge in [0.05, 0.1) is 0 Å². The average Bonchev–Trinajstić information content (AvgIpc) is 3.28. The van der Waals surface area contributed by atoms with Gasteiger partial charge in [0, 0.05) is 0 Å². The molecule has 0 bridgehead atoms. The van der Waals surface area contributed by atoms with E-state index in [1.807, 2.05) is 0 Å². The van der Waals surface area contributed by atoms with E-state index in [1.165, 1.54) is 134 Å². The summed E-state index contributed by atoms with van der Waals surface area (Å²) in [6.07, 6.45) is 0. The molecule has 0 atom stereocenters. The largest absolute Gasteiger partial charge is 4.00 e. The van der Waals surface area contributed by atoms with Gasteiger partial charge in [-0.25, -0.2) is 0 Å². The SMILES string of the molecule is C.Cc1c(C)c(C)c([N-]CCNCC[N-]c2c(C)c(C)c(C)c(C)c2C)c(C)c1C.Cc1c(C)c(C)c([N-]CCNCC[N-]c2c(C)c(C)c(C)c(C)c2C)c(C)c1C.[CH2-][Si](C)(C)C.[CH2-][Si](C)(C)C.[CH3-].[Cl-].[Cl][Zr+2][Cl].[Mg+2].[Zr+4]. The zero-order chi connectivity index (χ0) is 55.5. The first-order chi connectivity index (χ1) is 32.6. The minimum atomic E-state index is -0.861. The monoisotopic (exact) mass is 1300 g/mol. The first kappa shape index (κ1) is 87.1. The second-order valence-electron chi connectivity index (χ2n) is 22.1. The predicted molar refractivity (Wildman–Crippen MR) is 346 cm³/mol. The van der Waals surface area contributed by atoms with Crippen LogP contribution in [-0.2, 0) is 47.1 Å². The summed E-state index contributed by atoms with van der Waals surface area (Å²) in [5.41, 5.74) is 31.8. The molecule has 0 spiro atoms. The number of hydrogen-bond donors (Lipinski definition) is 2. The Bertz CT molecular complexity index is 1910. The Labute approximate surface area is 534 Å². The molecule has 0 unspecified atom stereocenters. The zero-order valence-electron chi connectivity index (χ0n) is 52.7. The van der Waals surface area contributed by atoms with Crippen LogP contribution < -0.4 is 23.0 Å². The second-order valence-corrected chi connectivity index (χ2v) is 36.1. The molecule has 4 aromatic rings. The number of halogens is 3. The third kappa shape index (κ3) is 29.2. The molecule has 0 aliphatic rings. The van der Waals surface area contributed by atoms with E-state index in [0.717, 1.165) is 52.4 Å². The number of nitrogens with one attached hydrogen (secondary N) is 2. The van der Waals surface area contributed by atoms with E-state index >= 15 is 0 Å². The Morgan fingerprint density at radius 3 is 0.539 bits per heavy atom.